The van der Waals surface area contributed by atoms with Crippen molar-refractivity contribution in [1.82, 2.24) is 0 Å². The number of anilines is 2. The van der Waals surface area contributed by atoms with Gasteiger partial charge in [-0.05, 0) is 30.3 Å². The fourth-order valence-corrected chi connectivity index (χ4v) is 3.91. The molecular weight excluding hydrogens is 374 g/mol. The molecule has 2 aromatic rings. The van der Waals surface area contributed by atoms with Gasteiger partial charge in [0.15, 0.2) is 6.61 Å². The molecule has 2 aromatic carbocycles. The number of nitrogens with zero attached hydrogens (tertiary/aromatic N) is 3. The van der Waals surface area contributed by atoms with Crippen molar-refractivity contribution in [2.75, 3.05) is 37.5 Å². The van der Waals surface area contributed by atoms with E-state index in [1.807, 2.05) is 55.4 Å². The molecule has 0 bridgehead atoms. The maximum atomic E-state index is 12.6. The molecule has 0 fully saturated rings. The topological polar surface area (TPSA) is 73.6 Å². The summed E-state index contributed by atoms with van der Waals surface area (Å²) in [5.41, 5.74) is 2.12. The third-order valence-electron chi connectivity index (χ3n) is 4.27. The summed E-state index contributed by atoms with van der Waals surface area (Å²) >= 11 is 1.36. The fraction of sp³-hybridized carbons (Fsp3) is 0.190. The summed E-state index contributed by atoms with van der Waals surface area (Å²) in [4.78, 5) is 29.5. The fourth-order valence-electron chi connectivity index (χ4n) is 2.75. The van der Waals surface area contributed by atoms with Crippen LogP contribution >= 0.6 is 11.8 Å². The summed E-state index contributed by atoms with van der Waals surface area (Å²) < 4.78 is 5.16. The molecule has 7 heteroatoms. The van der Waals surface area contributed by atoms with E-state index in [9.17, 15) is 14.9 Å². The number of rotatable bonds is 5. The van der Waals surface area contributed by atoms with Crippen molar-refractivity contribution in [3.63, 3.8) is 0 Å². The molecule has 0 spiro atoms. The van der Waals surface area contributed by atoms with Crippen molar-refractivity contribution in [2.24, 2.45) is 0 Å². The SMILES string of the molecule is CN(C)c1cccc(C(=O)OCC(=O)/C(C#N)=C2\Sc3ccccc3N2C)c1. The Morgan fingerprint density at radius 1 is 1.18 bits per heavy atom. The van der Waals surface area contributed by atoms with Crippen LogP contribution in [0.4, 0.5) is 11.4 Å². The van der Waals surface area contributed by atoms with E-state index in [2.05, 4.69) is 0 Å². The number of carbonyl (C=O) groups excluding carboxylic acids is 2. The zero-order valence-corrected chi connectivity index (χ0v) is 16.6. The van der Waals surface area contributed by atoms with E-state index < -0.39 is 18.4 Å². The second-order valence-electron chi connectivity index (χ2n) is 6.36. The number of fused-ring (bicyclic) bond motifs is 1. The van der Waals surface area contributed by atoms with Crippen LogP contribution in [0, 0.1) is 11.3 Å². The van der Waals surface area contributed by atoms with Gasteiger partial charge in [-0.2, -0.15) is 5.26 Å². The zero-order chi connectivity index (χ0) is 20.3. The molecule has 3 rings (SSSR count). The summed E-state index contributed by atoms with van der Waals surface area (Å²) in [6.07, 6.45) is 0. The van der Waals surface area contributed by atoms with Crippen LogP contribution in [0.5, 0.6) is 0 Å². The molecule has 0 radical (unpaired) electrons. The molecule has 6 nitrogen and oxygen atoms in total. The molecule has 142 valence electrons. The Balaban J connectivity index is 1.73. The van der Waals surface area contributed by atoms with Crippen LogP contribution in [-0.2, 0) is 9.53 Å². The molecule has 0 saturated carbocycles. The van der Waals surface area contributed by atoms with Gasteiger partial charge in [0.1, 0.15) is 16.7 Å². The Morgan fingerprint density at radius 3 is 2.61 bits per heavy atom. The van der Waals surface area contributed by atoms with Gasteiger partial charge in [-0.25, -0.2) is 4.79 Å². The van der Waals surface area contributed by atoms with Crippen LogP contribution < -0.4 is 9.80 Å². The average Bonchev–Trinajstić information content (AvgIpc) is 3.03. The first-order chi connectivity index (χ1) is 13.4. The second-order valence-corrected chi connectivity index (χ2v) is 7.40. The van der Waals surface area contributed by atoms with Crippen molar-refractivity contribution in [1.29, 1.82) is 5.26 Å². The zero-order valence-electron chi connectivity index (χ0n) is 15.8. The van der Waals surface area contributed by atoms with Crippen molar-refractivity contribution >= 4 is 34.9 Å². The van der Waals surface area contributed by atoms with Crippen LogP contribution in [0.15, 0.2) is 64.0 Å². The van der Waals surface area contributed by atoms with Gasteiger partial charge in [0.2, 0.25) is 5.78 Å². The van der Waals surface area contributed by atoms with E-state index in [0.717, 1.165) is 16.3 Å². The normalized spacial score (nSPS) is 14.1. The molecule has 0 aliphatic carbocycles. The van der Waals surface area contributed by atoms with Crippen molar-refractivity contribution in [2.45, 2.75) is 4.90 Å². The molecule has 1 heterocycles. The minimum absolute atomic E-state index is 0.0152. The first-order valence-electron chi connectivity index (χ1n) is 8.55. The van der Waals surface area contributed by atoms with Crippen molar-refractivity contribution in [3.8, 4) is 6.07 Å². The van der Waals surface area contributed by atoms with Gasteiger partial charge >= 0.3 is 5.97 Å². The van der Waals surface area contributed by atoms with Crippen LogP contribution in [0.3, 0.4) is 0 Å². The van der Waals surface area contributed by atoms with Gasteiger partial charge < -0.3 is 14.5 Å². The number of ether oxygens (including phenoxy) is 1. The first-order valence-corrected chi connectivity index (χ1v) is 9.36. The molecule has 0 aromatic heterocycles. The Morgan fingerprint density at radius 2 is 1.93 bits per heavy atom. The predicted molar refractivity (Wildman–Crippen MR) is 109 cm³/mol. The number of ketones is 1. The molecule has 1 aliphatic heterocycles. The third kappa shape index (κ3) is 3.87. The maximum Gasteiger partial charge on any atom is 0.338 e. The Kier molecular flexibility index (Phi) is 5.71. The molecule has 28 heavy (non-hydrogen) atoms. The standard InChI is InChI=1S/C21H19N3O3S/c1-23(2)15-8-6-7-14(11-15)21(26)27-13-18(25)16(12-22)20-24(3)17-9-4-5-10-19(17)28-20/h4-11H,13H2,1-3H3/b20-16-. The van der Waals surface area contributed by atoms with Gasteiger partial charge in [-0.1, -0.05) is 30.0 Å². The lowest BCUT2D eigenvalue weighted by molar-refractivity contribution is -0.118. The van der Waals surface area contributed by atoms with Gasteiger partial charge in [-0.3, -0.25) is 4.79 Å². The highest BCUT2D eigenvalue weighted by Gasteiger charge is 2.28. The number of para-hydroxylation sites is 1. The number of benzene rings is 2. The number of Topliss-reactive ketones (excluding diaryl/α,β-unsaturated/α-hetero) is 1. The Bertz CT molecular complexity index is 1010. The lowest BCUT2D eigenvalue weighted by atomic mass is 10.2. The van der Waals surface area contributed by atoms with E-state index >= 15 is 0 Å². The number of thioether (sulfide) groups is 1. The maximum absolute atomic E-state index is 12.6. The first kappa shape index (κ1) is 19.5. The predicted octanol–water partition coefficient (Wildman–Crippen LogP) is 3.46. The minimum Gasteiger partial charge on any atom is -0.454 e. The molecule has 0 amide bonds. The van der Waals surface area contributed by atoms with E-state index in [-0.39, 0.29) is 5.57 Å². The van der Waals surface area contributed by atoms with Crippen LogP contribution in [0.25, 0.3) is 0 Å². The summed E-state index contributed by atoms with van der Waals surface area (Å²) in [7, 11) is 5.54. The number of carbonyl (C=O) groups is 2. The number of hydrogen-bond donors (Lipinski definition) is 0. The van der Waals surface area contributed by atoms with Gasteiger partial charge in [0.25, 0.3) is 0 Å². The largest absolute Gasteiger partial charge is 0.454 e. The highest BCUT2D eigenvalue weighted by Crippen LogP contribution is 2.46. The Labute approximate surface area is 168 Å². The van der Waals surface area contributed by atoms with Crippen molar-refractivity contribution < 1.29 is 14.3 Å². The highest BCUT2D eigenvalue weighted by molar-refractivity contribution is 8.03. The number of esters is 1. The van der Waals surface area contributed by atoms with Crippen LogP contribution in [-0.4, -0.2) is 39.5 Å². The van der Waals surface area contributed by atoms with E-state index in [1.54, 1.807) is 30.1 Å². The monoisotopic (exact) mass is 393 g/mol. The summed E-state index contributed by atoms with van der Waals surface area (Å²) in [5.74, 6) is -1.13. The minimum atomic E-state index is -0.602. The average molecular weight is 393 g/mol. The third-order valence-corrected chi connectivity index (χ3v) is 5.51. The van der Waals surface area contributed by atoms with Crippen molar-refractivity contribution in [3.05, 3.63) is 64.7 Å². The molecule has 0 saturated heterocycles. The summed E-state index contributed by atoms with van der Waals surface area (Å²) in [6.45, 7) is -0.484. The van der Waals surface area contributed by atoms with E-state index in [1.165, 1.54) is 11.8 Å². The van der Waals surface area contributed by atoms with Gasteiger partial charge in [0.05, 0.1) is 11.3 Å². The molecular formula is C21H19N3O3S. The summed E-state index contributed by atoms with van der Waals surface area (Å²) in [6, 6.07) is 16.6. The van der Waals surface area contributed by atoms with E-state index in [4.69, 9.17) is 4.74 Å². The lowest BCUT2D eigenvalue weighted by Gasteiger charge is -2.15. The molecule has 1 aliphatic rings. The van der Waals surface area contributed by atoms with Crippen LogP contribution in [0.2, 0.25) is 0 Å². The number of nitriles is 1. The quantitative estimate of drug-likeness (QED) is 0.437. The van der Waals surface area contributed by atoms with Crippen LogP contribution in [0.1, 0.15) is 10.4 Å². The van der Waals surface area contributed by atoms with E-state index in [0.29, 0.717) is 10.6 Å². The molecule has 0 N–H and O–H groups in total. The lowest BCUT2D eigenvalue weighted by Crippen LogP contribution is -2.20. The van der Waals surface area contributed by atoms with Gasteiger partial charge in [-0.15, -0.1) is 0 Å². The van der Waals surface area contributed by atoms with Gasteiger partial charge in [0, 0.05) is 31.7 Å². The number of hydrogen-bond acceptors (Lipinski definition) is 7. The summed E-state index contributed by atoms with van der Waals surface area (Å²) in [5, 5.41) is 10.1. The second kappa shape index (κ2) is 8.19. The molecule has 0 atom stereocenters. The smallest absolute Gasteiger partial charge is 0.338 e. The Hall–Kier alpha value is -3.24. The highest BCUT2D eigenvalue weighted by atomic mass is 32.2. The molecule has 0 unspecified atom stereocenters.